The lowest BCUT2D eigenvalue weighted by Gasteiger charge is -1.91. The van der Waals surface area contributed by atoms with Gasteiger partial charge in [0.25, 0.3) is 5.97 Å². The molecule has 0 saturated carbocycles. The standard InChI is InChI=1S/C10H10O2.C2H4O2/c1-12-10(11)8-7-9-5-3-2-4-6-9;1-2(3)4/h2-8H,1H3;1H3,(H,3,4)/b8-7+;. The highest BCUT2D eigenvalue weighted by atomic mass is 16.5. The van der Waals surface area contributed by atoms with Crippen LogP contribution in [0.1, 0.15) is 12.5 Å². The van der Waals surface area contributed by atoms with Crippen molar-refractivity contribution >= 4 is 18.0 Å². The Labute approximate surface area is 94.2 Å². The molecule has 0 fully saturated rings. The van der Waals surface area contributed by atoms with E-state index in [1.165, 1.54) is 13.2 Å². The summed E-state index contributed by atoms with van der Waals surface area (Å²) < 4.78 is 4.45. The zero-order valence-electron chi connectivity index (χ0n) is 9.21. The Bertz CT molecular complexity index is 351. The molecule has 0 radical (unpaired) electrons. The second kappa shape index (κ2) is 8.23. The first kappa shape index (κ1) is 13.9. The van der Waals surface area contributed by atoms with Crippen molar-refractivity contribution in [3.8, 4) is 0 Å². The molecule has 0 atom stereocenters. The fourth-order valence-corrected chi connectivity index (χ4v) is 0.796. The van der Waals surface area contributed by atoms with Gasteiger partial charge in [-0.25, -0.2) is 4.79 Å². The van der Waals surface area contributed by atoms with Gasteiger partial charge >= 0.3 is 5.97 Å². The maximum atomic E-state index is 10.7. The number of hydrogen-bond acceptors (Lipinski definition) is 3. The molecule has 0 aliphatic rings. The Morgan fingerprint density at radius 1 is 1.25 bits per heavy atom. The van der Waals surface area contributed by atoms with E-state index in [2.05, 4.69) is 4.74 Å². The number of aliphatic carboxylic acids is 1. The molecule has 4 heteroatoms. The van der Waals surface area contributed by atoms with Gasteiger partial charge in [-0.2, -0.15) is 0 Å². The quantitative estimate of drug-likeness (QED) is 0.613. The fourth-order valence-electron chi connectivity index (χ4n) is 0.796. The van der Waals surface area contributed by atoms with Gasteiger partial charge in [-0.15, -0.1) is 0 Å². The third-order valence-electron chi connectivity index (χ3n) is 1.41. The smallest absolute Gasteiger partial charge is 0.330 e. The van der Waals surface area contributed by atoms with Crippen molar-refractivity contribution in [1.29, 1.82) is 0 Å². The number of rotatable bonds is 2. The Morgan fingerprint density at radius 2 is 1.75 bits per heavy atom. The van der Waals surface area contributed by atoms with Gasteiger partial charge in [0, 0.05) is 13.0 Å². The minimum Gasteiger partial charge on any atom is -0.481 e. The highest BCUT2D eigenvalue weighted by Gasteiger charge is 1.89. The first-order valence-electron chi connectivity index (χ1n) is 4.57. The van der Waals surface area contributed by atoms with Crippen molar-refractivity contribution < 1.29 is 19.4 Å². The molecule has 0 amide bonds. The van der Waals surface area contributed by atoms with Crippen molar-refractivity contribution in [3.63, 3.8) is 0 Å². The third kappa shape index (κ3) is 8.50. The van der Waals surface area contributed by atoms with E-state index in [-0.39, 0.29) is 5.97 Å². The van der Waals surface area contributed by atoms with Crippen LogP contribution in [0.25, 0.3) is 6.08 Å². The summed E-state index contributed by atoms with van der Waals surface area (Å²) in [6.45, 7) is 1.08. The van der Waals surface area contributed by atoms with Crippen LogP contribution in [0, 0.1) is 0 Å². The van der Waals surface area contributed by atoms with Crippen LogP contribution in [0.2, 0.25) is 0 Å². The molecule has 1 aromatic carbocycles. The van der Waals surface area contributed by atoms with Gasteiger partial charge in [-0.1, -0.05) is 30.3 Å². The van der Waals surface area contributed by atoms with Crippen LogP contribution in [0.4, 0.5) is 0 Å². The minimum atomic E-state index is -0.833. The lowest BCUT2D eigenvalue weighted by atomic mass is 10.2. The maximum Gasteiger partial charge on any atom is 0.330 e. The van der Waals surface area contributed by atoms with Crippen molar-refractivity contribution in [2.75, 3.05) is 7.11 Å². The van der Waals surface area contributed by atoms with Gasteiger partial charge in [0.05, 0.1) is 7.11 Å². The van der Waals surface area contributed by atoms with E-state index in [0.29, 0.717) is 0 Å². The SMILES string of the molecule is CC(=O)O.COC(=O)/C=C/c1ccccc1. The highest BCUT2D eigenvalue weighted by molar-refractivity contribution is 5.86. The summed E-state index contributed by atoms with van der Waals surface area (Å²) in [5, 5.41) is 7.42. The Hall–Kier alpha value is -2.10. The van der Waals surface area contributed by atoms with Crippen LogP contribution in [0.15, 0.2) is 36.4 Å². The second-order valence-electron chi connectivity index (χ2n) is 2.79. The van der Waals surface area contributed by atoms with Crippen LogP contribution in [-0.4, -0.2) is 24.2 Å². The van der Waals surface area contributed by atoms with E-state index in [9.17, 15) is 4.79 Å². The highest BCUT2D eigenvalue weighted by Crippen LogP contribution is 2.00. The molecular formula is C12H14O4. The van der Waals surface area contributed by atoms with Crippen molar-refractivity contribution in [3.05, 3.63) is 42.0 Å². The van der Waals surface area contributed by atoms with Gasteiger partial charge in [-0.3, -0.25) is 4.79 Å². The normalized spacial score (nSPS) is 9.12. The number of benzene rings is 1. The number of esters is 1. The van der Waals surface area contributed by atoms with Crippen molar-refractivity contribution in [1.82, 2.24) is 0 Å². The lowest BCUT2D eigenvalue weighted by molar-refractivity contribution is -0.135. The average Bonchev–Trinajstić information content (AvgIpc) is 2.26. The largest absolute Gasteiger partial charge is 0.481 e. The molecule has 86 valence electrons. The third-order valence-corrected chi connectivity index (χ3v) is 1.41. The fraction of sp³-hybridized carbons (Fsp3) is 0.167. The van der Waals surface area contributed by atoms with Crippen LogP contribution in [-0.2, 0) is 14.3 Å². The van der Waals surface area contributed by atoms with Crippen molar-refractivity contribution in [2.24, 2.45) is 0 Å². The molecule has 0 saturated heterocycles. The van der Waals surface area contributed by atoms with Crippen LogP contribution >= 0.6 is 0 Å². The topological polar surface area (TPSA) is 63.6 Å². The van der Waals surface area contributed by atoms with Gasteiger partial charge in [-0.05, 0) is 11.6 Å². The molecule has 1 aromatic rings. The molecule has 0 bridgehead atoms. The molecule has 0 aliphatic heterocycles. The second-order valence-corrected chi connectivity index (χ2v) is 2.79. The summed E-state index contributed by atoms with van der Waals surface area (Å²) in [5.74, 6) is -1.17. The summed E-state index contributed by atoms with van der Waals surface area (Å²) in [6, 6.07) is 9.59. The molecule has 1 rings (SSSR count). The number of ether oxygens (including phenoxy) is 1. The first-order valence-corrected chi connectivity index (χ1v) is 4.57. The van der Waals surface area contributed by atoms with Gasteiger partial charge < -0.3 is 9.84 Å². The molecule has 4 nitrogen and oxygen atoms in total. The number of hydrogen-bond donors (Lipinski definition) is 1. The lowest BCUT2D eigenvalue weighted by Crippen LogP contribution is -1.92. The summed E-state index contributed by atoms with van der Waals surface area (Å²) >= 11 is 0. The number of carboxylic acids is 1. The minimum absolute atomic E-state index is 0.334. The number of methoxy groups -OCH3 is 1. The predicted octanol–water partition coefficient (Wildman–Crippen LogP) is 1.96. The van der Waals surface area contributed by atoms with Crippen LogP contribution in [0.5, 0.6) is 0 Å². The Morgan fingerprint density at radius 3 is 2.19 bits per heavy atom. The average molecular weight is 222 g/mol. The summed E-state index contributed by atoms with van der Waals surface area (Å²) in [5.41, 5.74) is 0.989. The Balaban J connectivity index is 0.000000487. The maximum absolute atomic E-state index is 10.7. The molecule has 0 spiro atoms. The molecule has 0 unspecified atom stereocenters. The predicted molar refractivity (Wildman–Crippen MR) is 60.8 cm³/mol. The number of carboxylic acid groups (broad SMARTS) is 1. The van der Waals surface area contributed by atoms with Crippen LogP contribution in [0.3, 0.4) is 0 Å². The summed E-state index contributed by atoms with van der Waals surface area (Å²) in [4.78, 5) is 19.7. The molecule has 0 aromatic heterocycles. The van der Waals surface area contributed by atoms with Crippen LogP contribution < -0.4 is 0 Å². The van der Waals surface area contributed by atoms with E-state index in [0.717, 1.165) is 12.5 Å². The molecular weight excluding hydrogens is 208 g/mol. The summed E-state index contributed by atoms with van der Waals surface area (Å²) in [7, 11) is 1.36. The monoisotopic (exact) mass is 222 g/mol. The van der Waals surface area contributed by atoms with E-state index in [4.69, 9.17) is 9.90 Å². The Kier molecular flexibility index (Phi) is 7.15. The number of carbonyl (C=O) groups excluding carboxylic acids is 1. The zero-order valence-corrected chi connectivity index (χ0v) is 9.21. The van der Waals surface area contributed by atoms with E-state index in [1.807, 2.05) is 30.3 Å². The number of carbonyl (C=O) groups is 2. The first-order chi connectivity index (χ1) is 7.56. The van der Waals surface area contributed by atoms with Crippen molar-refractivity contribution in [2.45, 2.75) is 6.92 Å². The van der Waals surface area contributed by atoms with E-state index in [1.54, 1.807) is 6.08 Å². The van der Waals surface area contributed by atoms with Gasteiger partial charge in [0.15, 0.2) is 0 Å². The molecule has 16 heavy (non-hydrogen) atoms. The summed E-state index contributed by atoms with van der Waals surface area (Å²) in [6.07, 6.45) is 3.11. The van der Waals surface area contributed by atoms with Gasteiger partial charge in [0.2, 0.25) is 0 Å². The zero-order chi connectivity index (χ0) is 12.4. The van der Waals surface area contributed by atoms with Gasteiger partial charge in [0.1, 0.15) is 0 Å². The molecule has 1 N–H and O–H groups in total. The van der Waals surface area contributed by atoms with E-state index < -0.39 is 5.97 Å². The molecule has 0 aliphatic carbocycles. The molecule has 0 heterocycles. The van der Waals surface area contributed by atoms with E-state index >= 15 is 0 Å².